The first kappa shape index (κ1) is 21.3. The molecule has 2 aliphatic rings. The SMILES string of the molecule is Cl.FC(F)(F)COc1cccc(CNC2CCCC2C2COCCN2)c1. The van der Waals surface area contributed by atoms with Crippen LogP contribution in [0.15, 0.2) is 24.3 Å². The molecule has 1 aliphatic carbocycles. The third-order valence-corrected chi connectivity index (χ3v) is 4.91. The van der Waals surface area contributed by atoms with Gasteiger partial charge in [0.1, 0.15) is 5.75 Å². The molecule has 1 aromatic carbocycles. The molecule has 26 heavy (non-hydrogen) atoms. The summed E-state index contributed by atoms with van der Waals surface area (Å²) in [5.41, 5.74) is 0.929. The lowest BCUT2D eigenvalue weighted by molar-refractivity contribution is -0.153. The quantitative estimate of drug-likeness (QED) is 0.777. The molecule has 1 heterocycles. The Balaban J connectivity index is 0.00000243. The van der Waals surface area contributed by atoms with Crippen molar-refractivity contribution in [2.75, 3.05) is 26.4 Å². The third-order valence-electron chi connectivity index (χ3n) is 4.91. The van der Waals surface area contributed by atoms with Gasteiger partial charge in [0, 0.05) is 25.2 Å². The maximum atomic E-state index is 12.3. The highest BCUT2D eigenvalue weighted by atomic mass is 35.5. The predicted molar refractivity (Wildman–Crippen MR) is 95.8 cm³/mol. The second-order valence-corrected chi connectivity index (χ2v) is 6.77. The van der Waals surface area contributed by atoms with Gasteiger partial charge < -0.3 is 20.1 Å². The Hall–Kier alpha value is -1.02. The summed E-state index contributed by atoms with van der Waals surface area (Å²) in [5.74, 6) is 0.784. The molecule has 0 spiro atoms. The Labute approximate surface area is 158 Å². The fourth-order valence-electron chi connectivity index (χ4n) is 3.74. The second kappa shape index (κ2) is 9.78. The van der Waals surface area contributed by atoms with Crippen LogP contribution in [-0.4, -0.2) is 44.6 Å². The topological polar surface area (TPSA) is 42.5 Å². The molecule has 0 aromatic heterocycles. The number of benzene rings is 1. The van der Waals surface area contributed by atoms with Crippen LogP contribution in [0.25, 0.3) is 0 Å². The summed E-state index contributed by atoms with van der Waals surface area (Å²) in [6, 6.07) is 7.64. The average Bonchev–Trinajstić information content (AvgIpc) is 3.07. The molecular weight excluding hydrogens is 369 g/mol. The molecule has 1 aliphatic heterocycles. The maximum absolute atomic E-state index is 12.3. The third kappa shape index (κ3) is 6.30. The molecule has 2 fully saturated rings. The van der Waals surface area contributed by atoms with Crippen LogP contribution in [0.4, 0.5) is 13.2 Å². The van der Waals surface area contributed by atoms with Crippen molar-refractivity contribution in [1.29, 1.82) is 0 Å². The van der Waals surface area contributed by atoms with Gasteiger partial charge in [-0.3, -0.25) is 0 Å². The Morgan fingerprint density at radius 2 is 2.12 bits per heavy atom. The van der Waals surface area contributed by atoms with E-state index in [1.807, 2.05) is 6.07 Å². The Kier molecular flexibility index (Phi) is 8.01. The Bertz CT molecular complexity index is 553. The average molecular weight is 395 g/mol. The highest BCUT2D eigenvalue weighted by Gasteiger charge is 2.34. The van der Waals surface area contributed by atoms with E-state index in [0.29, 0.717) is 24.5 Å². The lowest BCUT2D eigenvalue weighted by atomic mass is 9.94. The molecule has 8 heteroatoms. The molecule has 0 radical (unpaired) electrons. The minimum atomic E-state index is -4.32. The number of alkyl halides is 3. The van der Waals surface area contributed by atoms with E-state index in [0.717, 1.165) is 31.7 Å². The smallest absolute Gasteiger partial charge is 0.422 e. The van der Waals surface area contributed by atoms with Crippen LogP contribution in [0.3, 0.4) is 0 Å². The minimum Gasteiger partial charge on any atom is -0.484 e. The number of rotatable bonds is 6. The number of hydrogen-bond donors (Lipinski definition) is 2. The van der Waals surface area contributed by atoms with E-state index in [9.17, 15) is 13.2 Å². The van der Waals surface area contributed by atoms with Crippen LogP contribution in [0.1, 0.15) is 24.8 Å². The predicted octanol–water partition coefficient (Wildman–Crippen LogP) is 3.30. The van der Waals surface area contributed by atoms with Gasteiger partial charge in [-0.15, -0.1) is 12.4 Å². The van der Waals surface area contributed by atoms with E-state index in [-0.39, 0.29) is 18.2 Å². The van der Waals surface area contributed by atoms with Crippen LogP contribution in [0.5, 0.6) is 5.75 Å². The number of ether oxygens (including phenoxy) is 2. The van der Waals surface area contributed by atoms with Gasteiger partial charge in [-0.2, -0.15) is 13.2 Å². The van der Waals surface area contributed by atoms with E-state index in [1.54, 1.807) is 18.2 Å². The van der Waals surface area contributed by atoms with Gasteiger partial charge in [0.05, 0.1) is 13.2 Å². The van der Waals surface area contributed by atoms with Crippen LogP contribution >= 0.6 is 12.4 Å². The second-order valence-electron chi connectivity index (χ2n) is 6.77. The van der Waals surface area contributed by atoms with Crippen molar-refractivity contribution in [2.45, 2.75) is 44.1 Å². The van der Waals surface area contributed by atoms with Crippen molar-refractivity contribution in [3.8, 4) is 5.75 Å². The van der Waals surface area contributed by atoms with Crippen molar-refractivity contribution >= 4 is 12.4 Å². The molecule has 0 amide bonds. The van der Waals surface area contributed by atoms with Crippen LogP contribution in [0, 0.1) is 5.92 Å². The summed E-state index contributed by atoms with van der Waals surface area (Å²) in [6.07, 6.45) is -0.837. The molecule has 3 atom stereocenters. The summed E-state index contributed by atoms with van der Waals surface area (Å²) in [4.78, 5) is 0. The van der Waals surface area contributed by atoms with Crippen molar-refractivity contribution in [1.82, 2.24) is 10.6 Å². The molecule has 3 unspecified atom stereocenters. The van der Waals surface area contributed by atoms with Crippen molar-refractivity contribution in [2.24, 2.45) is 5.92 Å². The Morgan fingerprint density at radius 3 is 2.85 bits per heavy atom. The first-order valence-electron chi connectivity index (χ1n) is 8.84. The molecular formula is C18H26ClF3N2O2. The fraction of sp³-hybridized carbons (Fsp3) is 0.667. The van der Waals surface area contributed by atoms with Crippen molar-refractivity contribution in [3.63, 3.8) is 0 Å². The van der Waals surface area contributed by atoms with Crippen LogP contribution in [0.2, 0.25) is 0 Å². The zero-order valence-electron chi connectivity index (χ0n) is 14.6. The van der Waals surface area contributed by atoms with Gasteiger partial charge in [0.25, 0.3) is 0 Å². The molecule has 1 aromatic rings. The lowest BCUT2D eigenvalue weighted by Crippen LogP contribution is -2.50. The zero-order valence-corrected chi connectivity index (χ0v) is 15.4. The monoisotopic (exact) mass is 394 g/mol. The minimum absolute atomic E-state index is 0. The first-order valence-corrected chi connectivity index (χ1v) is 8.84. The number of hydrogen-bond acceptors (Lipinski definition) is 4. The van der Waals surface area contributed by atoms with Crippen molar-refractivity contribution in [3.05, 3.63) is 29.8 Å². The molecule has 4 nitrogen and oxygen atoms in total. The lowest BCUT2D eigenvalue weighted by Gasteiger charge is -2.33. The van der Waals surface area contributed by atoms with Gasteiger partial charge in [-0.25, -0.2) is 0 Å². The van der Waals surface area contributed by atoms with Gasteiger partial charge in [-0.05, 0) is 36.5 Å². The van der Waals surface area contributed by atoms with E-state index in [1.165, 1.54) is 12.8 Å². The normalized spacial score (nSPS) is 26.3. The maximum Gasteiger partial charge on any atom is 0.422 e. The zero-order chi connectivity index (χ0) is 17.7. The van der Waals surface area contributed by atoms with E-state index in [4.69, 9.17) is 9.47 Å². The van der Waals surface area contributed by atoms with E-state index in [2.05, 4.69) is 10.6 Å². The molecule has 2 N–H and O–H groups in total. The molecule has 0 bridgehead atoms. The first-order chi connectivity index (χ1) is 12.0. The molecule has 1 saturated heterocycles. The molecule has 148 valence electrons. The van der Waals surface area contributed by atoms with Crippen molar-refractivity contribution < 1.29 is 22.6 Å². The highest BCUT2D eigenvalue weighted by molar-refractivity contribution is 5.85. The summed E-state index contributed by atoms with van der Waals surface area (Å²) in [6.45, 7) is 1.78. The summed E-state index contributed by atoms with van der Waals surface area (Å²) < 4.78 is 47.2. The van der Waals surface area contributed by atoms with Gasteiger partial charge in [-0.1, -0.05) is 18.6 Å². The summed E-state index contributed by atoms with van der Waals surface area (Å²) in [5, 5.41) is 7.11. The van der Waals surface area contributed by atoms with Crippen LogP contribution < -0.4 is 15.4 Å². The number of nitrogens with one attached hydrogen (secondary N) is 2. The summed E-state index contributed by atoms with van der Waals surface area (Å²) >= 11 is 0. The van der Waals surface area contributed by atoms with Gasteiger partial charge >= 0.3 is 6.18 Å². The van der Waals surface area contributed by atoms with E-state index < -0.39 is 12.8 Å². The van der Waals surface area contributed by atoms with Crippen LogP contribution in [-0.2, 0) is 11.3 Å². The summed E-state index contributed by atoms with van der Waals surface area (Å²) in [7, 11) is 0. The van der Waals surface area contributed by atoms with Gasteiger partial charge in [0.15, 0.2) is 6.61 Å². The Morgan fingerprint density at radius 1 is 1.27 bits per heavy atom. The largest absolute Gasteiger partial charge is 0.484 e. The number of halogens is 4. The standard InChI is InChI=1S/C18H25F3N2O2.ClH/c19-18(20,21)12-25-14-4-1-3-13(9-14)10-23-16-6-2-5-15(16)17-11-24-8-7-22-17;/h1,3-4,9,15-17,22-23H,2,5-8,10-12H2;1H. The number of morpholine rings is 1. The highest BCUT2D eigenvalue weighted by Crippen LogP contribution is 2.30. The molecule has 3 rings (SSSR count). The van der Waals surface area contributed by atoms with E-state index >= 15 is 0 Å². The molecule has 1 saturated carbocycles. The van der Waals surface area contributed by atoms with Gasteiger partial charge in [0.2, 0.25) is 0 Å². The fourth-order valence-corrected chi connectivity index (χ4v) is 3.74.